The van der Waals surface area contributed by atoms with Crippen LogP contribution in [0.3, 0.4) is 0 Å². The van der Waals surface area contributed by atoms with Crippen molar-refractivity contribution in [3.05, 3.63) is 236 Å². The Morgan fingerprint density at radius 2 is 0.778 bits per heavy atom. The maximum Gasteiger partial charge on any atom is 0.203 e. The Balaban J connectivity index is 0.907. The molecular weight excluding hydrogens is 765 g/mol. The number of aliphatic imine (C=N–C) groups is 1. The highest BCUT2D eigenvalue weighted by molar-refractivity contribution is 6.13. The van der Waals surface area contributed by atoms with Crippen LogP contribution >= 0.6 is 0 Å². The maximum atomic E-state index is 5.47. The Bertz CT molecular complexity index is 3560. The normalized spacial score (nSPS) is 14.0. The van der Waals surface area contributed by atoms with Gasteiger partial charge in [0.15, 0.2) is 0 Å². The zero-order valence-electron chi connectivity index (χ0n) is 34.8. The Morgan fingerprint density at radius 3 is 1.44 bits per heavy atom. The summed E-state index contributed by atoms with van der Waals surface area (Å²) < 4.78 is 4.79. The molecule has 63 heavy (non-hydrogen) atoms. The number of para-hydroxylation sites is 2. The van der Waals surface area contributed by atoms with Gasteiger partial charge in [0.1, 0.15) is 0 Å². The van der Waals surface area contributed by atoms with Crippen LogP contribution in [-0.2, 0) is 0 Å². The van der Waals surface area contributed by atoms with Gasteiger partial charge in [-0.3, -0.25) is 0 Å². The van der Waals surface area contributed by atoms with E-state index >= 15 is 0 Å². The average Bonchev–Trinajstić information content (AvgIpc) is 3.87. The molecule has 0 spiro atoms. The van der Waals surface area contributed by atoms with Gasteiger partial charge in [0.05, 0.1) is 27.8 Å². The predicted octanol–water partition coefficient (Wildman–Crippen LogP) is 15.0. The number of benzene rings is 9. The first kappa shape index (κ1) is 36.6. The average molecular weight is 807 g/mol. The summed E-state index contributed by atoms with van der Waals surface area (Å²) in [4.78, 5) is 7.67. The first-order valence-corrected chi connectivity index (χ1v) is 21.6. The number of allylic oxidation sites excluding steroid dienone is 1. The molecular formula is C59H42N4. The molecule has 2 aromatic heterocycles. The van der Waals surface area contributed by atoms with Crippen LogP contribution in [0.15, 0.2) is 236 Å². The van der Waals surface area contributed by atoms with Crippen molar-refractivity contribution >= 4 is 49.3 Å². The Hall–Kier alpha value is -8.21. The molecule has 0 fully saturated rings. The molecule has 0 saturated heterocycles. The predicted molar refractivity (Wildman–Crippen MR) is 264 cm³/mol. The van der Waals surface area contributed by atoms with Crippen LogP contribution in [0, 0.1) is 0 Å². The Kier molecular flexibility index (Phi) is 8.75. The monoisotopic (exact) mass is 806 g/mol. The van der Waals surface area contributed by atoms with Gasteiger partial charge in [-0.1, -0.05) is 164 Å². The summed E-state index contributed by atoms with van der Waals surface area (Å²) in [5.41, 5.74) is 17.5. The molecule has 1 unspecified atom stereocenters. The molecule has 0 saturated carbocycles. The molecule has 1 atom stereocenters. The van der Waals surface area contributed by atoms with Gasteiger partial charge >= 0.3 is 0 Å². The molecule has 0 amide bonds. The van der Waals surface area contributed by atoms with E-state index in [2.05, 4.69) is 252 Å². The smallest absolute Gasteiger partial charge is 0.203 e. The summed E-state index contributed by atoms with van der Waals surface area (Å²) in [6.45, 7) is 0. The molecule has 298 valence electrons. The number of hydrogen-bond acceptors (Lipinski definition) is 2. The van der Waals surface area contributed by atoms with Gasteiger partial charge in [0, 0.05) is 46.0 Å². The number of aromatic nitrogens is 2. The van der Waals surface area contributed by atoms with Crippen LogP contribution in [0.4, 0.5) is 0 Å². The quantitative estimate of drug-likeness (QED) is 0.157. The van der Waals surface area contributed by atoms with Crippen molar-refractivity contribution in [2.75, 3.05) is 7.05 Å². The number of hydrogen-bond donors (Lipinski definition) is 0. The van der Waals surface area contributed by atoms with Gasteiger partial charge in [0.25, 0.3) is 0 Å². The molecule has 1 aliphatic heterocycles. The highest BCUT2D eigenvalue weighted by Gasteiger charge is 2.24. The molecule has 1 aliphatic rings. The van der Waals surface area contributed by atoms with Crippen molar-refractivity contribution in [3.63, 3.8) is 0 Å². The van der Waals surface area contributed by atoms with Gasteiger partial charge in [-0.2, -0.15) is 0 Å². The largest absolute Gasteiger partial charge is 0.342 e. The SMILES string of the molecule is CN1C=CC(c2cccc(-c3ccc(-c4ccccc4)cc3)c2)=NC1n1c2ccccc2c2cc(-c3ccc4c(c3)c3ccccc3n4-c3ccc(-c4ccccc4)cc3)ccc21. The molecule has 12 rings (SSSR count). The van der Waals surface area contributed by atoms with E-state index in [0.29, 0.717) is 0 Å². The van der Waals surface area contributed by atoms with Crippen molar-refractivity contribution in [1.82, 2.24) is 14.0 Å². The molecule has 3 heterocycles. The molecule has 9 aromatic carbocycles. The van der Waals surface area contributed by atoms with E-state index in [1.807, 2.05) is 0 Å². The molecule has 0 radical (unpaired) electrons. The van der Waals surface area contributed by atoms with Crippen LogP contribution in [0.5, 0.6) is 0 Å². The highest BCUT2D eigenvalue weighted by atomic mass is 15.4. The van der Waals surface area contributed by atoms with Crippen LogP contribution in [0.25, 0.3) is 93.8 Å². The zero-order chi connectivity index (χ0) is 41.9. The van der Waals surface area contributed by atoms with E-state index in [1.54, 1.807) is 0 Å². The lowest BCUT2D eigenvalue weighted by Gasteiger charge is -2.30. The minimum absolute atomic E-state index is 0.267. The summed E-state index contributed by atoms with van der Waals surface area (Å²) in [5.74, 6) is 0. The van der Waals surface area contributed by atoms with Crippen LogP contribution < -0.4 is 0 Å². The van der Waals surface area contributed by atoms with Crippen LogP contribution in [-0.4, -0.2) is 26.8 Å². The lowest BCUT2D eigenvalue weighted by Crippen LogP contribution is -2.27. The summed E-state index contributed by atoms with van der Waals surface area (Å²) in [6, 6.07) is 79.0. The number of rotatable bonds is 7. The van der Waals surface area contributed by atoms with Gasteiger partial charge in [-0.15, -0.1) is 0 Å². The number of fused-ring (bicyclic) bond motifs is 6. The second-order valence-corrected chi connectivity index (χ2v) is 16.5. The molecule has 0 bridgehead atoms. The van der Waals surface area contributed by atoms with Crippen molar-refractivity contribution < 1.29 is 0 Å². The van der Waals surface area contributed by atoms with E-state index in [4.69, 9.17) is 4.99 Å². The standard InChI is InChI=1S/C59H42N4/c1-61-36-35-54(48-18-12-17-45(37-48)44-25-23-42(24-26-44)40-13-4-2-5-14-40)60-59(61)63-56-22-11-9-20-51(56)53-39-47(30-34-58(53)63)46-29-33-57-52(38-46)50-19-8-10-21-55(50)62(57)49-31-27-43(28-32-49)41-15-6-3-7-16-41/h2-39,59H,1H3. The molecule has 4 heteroatoms. The Labute approximate surface area is 366 Å². The summed E-state index contributed by atoms with van der Waals surface area (Å²) in [6.07, 6.45) is 4.02. The molecule has 4 nitrogen and oxygen atoms in total. The van der Waals surface area contributed by atoms with Gasteiger partial charge in [-0.25, -0.2) is 4.99 Å². The summed E-state index contributed by atoms with van der Waals surface area (Å²) in [5, 5.41) is 4.91. The van der Waals surface area contributed by atoms with Crippen molar-refractivity contribution in [2.24, 2.45) is 4.99 Å². The molecule has 0 N–H and O–H groups in total. The van der Waals surface area contributed by atoms with Gasteiger partial charge in [-0.05, 0) is 105 Å². The second kappa shape index (κ2) is 15.1. The Morgan fingerprint density at radius 1 is 0.349 bits per heavy atom. The van der Waals surface area contributed by atoms with E-state index in [9.17, 15) is 0 Å². The lowest BCUT2D eigenvalue weighted by molar-refractivity contribution is 0.266. The molecule has 0 aliphatic carbocycles. The third-order valence-electron chi connectivity index (χ3n) is 12.7. The van der Waals surface area contributed by atoms with Gasteiger partial charge in [0.2, 0.25) is 6.29 Å². The van der Waals surface area contributed by atoms with E-state index in [1.165, 1.54) is 77.1 Å². The minimum Gasteiger partial charge on any atom is -0.342 e. The van der Waals surface area contributed by atoms with Gasteiger partial charge < -0.3 is 14.0 Å². The van der Waals surface area contributed by atoms with Crippen LogP contribution in [0.1, 0.15) is 11.9 Å². The second-order valence-electron chi connectivity index (χ2n) is 16.5. The number of nitrogens with zero attached hydrogens (tertiary/aromatic N) is 4. The van der Waals surface area contributed by atoms with Crippen molar-refractivity contribution in [2.45, 2.75) is 6.29 Å². The van der Waals surface area contributed by atoms with Crippen molar-refractivity contribution in [3.8, 4) is 50.2 Å². The first-order valence-electron chi connectivity index (χ1n) is 21.6. The van der Waals surface area contributed by atoms with E-state index in [-0.39, 0.29) is 6.29 Å². The minimum atomic E-state index is -0.267. The summed E-state index contributed by atoms with van der Waals surface area (Å²) in [7, 11) is 2.12. The molecule has 11 aromatic rings. The fourth-order valence-corrected chi connectivity index (χ4v) is 9.57. The van der Waals surface area contributed by atoms with Crippen molar-refractivity contribution in [1.29, 1.82) is 0 Å². The van der Waals surface area contributed by atoms with E-state index in [0.717, 1.165) is 28.0 Å². The highest BCUT2D eigenvalue weighted by Crippen LogP contribution is 2.40. The fraction of sp³-hybridized carbons (Fsp3) is 0.0339. The van der Waals surface area contributed by atoms with E-state index < -0.39 is 0 Å². The third-order valence-corrected chi connectivity index (χ3v) is 12.7. The third kappa shape index (κ3) is 6.35. The summed E-state index contributed by atoms with van der Waals surface area (Å²) >= 11 is 0. The maximum absolute atomic E-state index is 5.47. The topological polar surface area (TPSA) is 25.5 Å². The first-order chi connectivity index (χ1) is 31.1. The lowest BCUT2D eigenvalue weighted by atomic mass is 9.98. The fourth-order valence-electron chi connectivity index (χ4n) is 9.57. The zero-order valence-corrected chi connectivity index (χ0v) is 34.8. The van der Waals surface area contributed by atoms with Crippen LogP contribution in [0.2, 0.25) is 0 Å².